The number of hydrogen-bond acceptors (Lipinski definition) is 3. The third-order valence-electron chi connectivity index (χ3n) is 3.90. The lowest BCUT2D eigenvalue weighted by atomic mass is 10.1. The highest BCUT2D eigenvalue weighted by atomic mass is 35.5. The van der Waals surface area contributed by atoms with Crippen molar-refractivity contribution in [2.45, 2.75) is 38.3 Å². The number of amides is 1. The minimum absolute atomic E-state index is 0. The van der Waals surface area contributed by atoms with Crippen LogP contribution in [0.15, 0.2) is 24.3 Å². The van der Waals surface area contributed by atoms with E-state index in [0.717, 1.165) is 37.8 Å². The number of halogens is 3. The highest BCUT2D eigenvalue weighted by molar-refractivity contribution is 5.85. The summed E-state index contributed by atoms with van der Waals surface area (Å²) in [5, 5.41) is 2.99. The van der Waals surface area contributed by atoms with Crippen LogP contribution in [0.4, 0.5) is 4.39 Å². The van der Waals surface area contributed by atoms with Crippen LogP contribution in [0.5, 0.6) is 0 Å². The van der Waals surface area contributed by atoms with Gasteiger partial charge in [0.1, 0.15) is 5.82 Å². The summed E-state index contributed by atoms with van der Waals surface area (Å²) in [5.74, 6) is -0.124. The van der Waals surface area contributed by atoms with Crippen molar-refractivity contribution >= 4 is 30.7 Å². The first kappa shape index (κ1) is 22.1. The molecule has 3 N–H and O–H groups in total. The van der Waals surface area contributed by atoms with E-state index >= 15 is 0 Å². The van der Waals surface area contributed by atoms with Gasteiger partial charge < -0.3 is 11.1 Å². The molecule has 1 heterocycles. The SMILES string of the molecule is Cl.Cl.NCCCCNC(=O)C1CCCN1Cc1ccc(F)cc1. The van der Waals surface area contributed by atoms with Crippen LogP contribution in [0.3, 0.4) is 0 Å². The smallest absolute Gasteiger partial charge is 0.237 e. The predicted octanol–water partition coefficient (Wildman–Crippen LogP) is 2.49. The number of nitrogens with one attached hydrogen (secondary N) is 1. The van der Waals surface area contributed by atoms with Gasteiger partial charge >= 0.3 is 0 Å². The molecule has 1 amide bonds. The van der Waals surface area contributed by atoms with E-state index in [1.54, 1.807) is 12.1 Å². The number of carbonyl (C=O) groups excluding carboxylic acids is 1. The van der Waals surface area contributed by atoms with E-state index < -0.39 is 0 Å². The Hall–Kier alpha value is -0.880. The zero-order valence-corrected chi connectivity index (χ0v) is 14.8. The summed E-state index contributed by atoms with van der Waals surface area (Å²) in [4.78, 5) is 14.4. The Balaban J connectivity index is 0.00000242. The fraction of sp³-hybridized carbons (Fsp3) is 0.562. The van der Waals surface area contributed by atoms with E-state index in [1.165, 1.54) is 12.1 Å². The molecule has 1 aromatic carbocycles. The number of nitrogens with two attached hydrogens (primary N) is 1. The Morgan fingerprint density at radius 1 is 1.26 bits per heavy atom. The van der Waals surface area contributed by atoms with Crippen LogP contribution in [-0.2, 0) is 11.3 Å². The first-order valence-electron chi connectivity index (χ1n) is 7.67. The van der Waals surface area contributed by atoms with Crippen molar-refractivity contribution in [3.8, 4) is 0 Å². The second kappa shape index (κ2) is 11.6. The molecule has 1 aliphatic rings. The van der Waals surface area contributed by atoms with Gasteiger partial charge in [0.2, 0.25) is 5.91 Å². The third kappa shape index (κ3) is 7.04. The number of hydrogen-bond donors (Lipinski definition) is 2. The predicted molar refractivity (Wildman–Crippen MR) is 95.6 cm³/mol. The van der Waals surface area contributed by atoms with Gasteiger partial charge in [-0.05, 0) is 56.5 Å². The van der Waals surface area contributed by atoms with E-state index in [9.17, 15) is 9.18 Å². The molecule has 1 aliphatic heterocycles. The second-order valence-electron chi connectivity index (χ2n) is 5.54. The molecule has 0 saturated carbocycles. The van der Waals surface area contributed by atoms with Gasteiger partial charge in [-0.15, -0.1) is 24.8 Å². The van der Waals surface area contributed by atoms with Gasteiger partial charge in [-0.3, -0.25) is 9.69 Å². The van der Waals surface area contributed by atoms with E-state index in [-0.39, 0.29) is 42.6 Å². The number of nitrogens with zero attached hydrogens (tertiary/aromatic N) is 1. The van der Waals surface area contributed by atoms with E-state index in [0.29, 0.717) is 19.6 Å². The standard InChI is InChI=1S/C16H24FN3O.2ClH/c17-14-7-5-13(6-8-14)12-20-11-3-4-15(20)16(21)19-10-2-1-9-18;;/h5-8,15H,1-4,9-12,18H2,(H,19,21);2*1H. The normalized spacial score (nSPS) is 17.2. The summed E-state index contributed by atoms with van der Waals surface area (Å²) in [6, 6.07) is 6.43. The van der Waals surface area contributed by atoms with Crippen LogP contribution in [0.25, 0.3) is 0 Å². The van der Waals surface area contributed by atoms with Crippen LogP contribution in [0, 0.1) is 5.82 Å². The summed E-state index contributed by atoms with van der Waals surface area (Å²) in [6.07, 6.45) is 3.78. The molecule has 1 aromatic rings. The van der Waals surface area contributed by atoms with Crippen molar-refractivity contribution in [2.24, 2.45) is 5.73 Å². The van der Waals surface area contributed by atoms with E-state index in [4.69, 9.17) is 5.73 Å². The fourth-order valence-corrected chi connectivity index (χ4v) is 2.74. The van der Waals surface area contributed by atoms with Gasteiger partial charge in [-0.2, -0.15) is 0 Å². The van der Waals surface area contributed by atoms with Crippen molar-refractivity contribution in [1.29, 1.82) is 0 Å². The molecule has 0 aliphatic carbocycles. The largest absolute Gasteiger partial charge is 0.355 e. The third-order valence-corrected chi connectivity index (χ3v) is 3.90. The Morgan fingerprint density at radius 2 is 1.96 bits per heavy atom. The molecule has 0 bridgehead atoms. The Kier molecular flexibility index (Phi) is 11.2. The molecule has 0 radical (unpaired) electrons. The lowest BCUT2D eigenvalue weighted by molar-refractivity contribution is -0.125. The first-order chi connectivity index (χ1) is 10.2. The highest BCUT2D eigenvalue weighted by Crippen LogP contribution is 2.20. The van der Waals surface area contributed by atoms with Crippen molar-refractivity contribution in [3.05, 3.63) is 35.6 Å². The van der Waals surface area contributed by atoms with Gasteiger partial charge in [-0.25, -0.2) is 4.39 Å². The molecule has 0 spiro atoms. The monoisotopic (exact) mass is 365 g/mol. The quantitative estimate of drug-likeness (QED) is 0.729. The lowest BCUT2D eigenvalue weighted by Crippen LogP contribution is -2.43. The molecule has 132 valence electrons. The van der Waals surface area contributed by atoms with Gasteiger partial charge in [0.25, 0.3) is 0 Å². The fourth-order valence-electron chi connectivity index (χ4n) is 2.74. The summed E-state index contributed by atoms with van der Waals surface area (Å²) in [6.45, 7) is 2.96. The first-order valence-corrected chi connectivity index (χ1v) is 7.67. The van der Waals surface area contributed by atoms with Gasteiger partial charge in [0, 0.05) is 13.1 Å². The molecule has 23 heavy (non-hydrogen) atoms. The van der Waals surface area contributed by atoms with E-state index in [2.05, 4.69) is 10.2 Å². The second-order valence-corrected chi connectivity index (χ2v) is 5.54. The lowest BCUT2D eigenvalue weighted by Gasteiger charge is -2.23. The highest BCUT2D eigenvalue weighted by Gasteiger charge is 2.30. The molecule has 1 unspecified atom stereocenters. The average Bonchev–Trinajstić information content (AvgIpc) is 2.94. The summed E-state index contributed by atoms with van der Waals surface area (Å²) < 4.78 is 12.9. The van der Waals surface area contributed by atoms with Crippen LogP contribution in [-0.4, -0.2) is 36.5 Å². The molecule has 1 atom stereocenters. The van der Waals surface area contributed by atoms with Crippen molar-refractivity contribution < 1.29 is 9.18 Å². The Morgan fingerprint density at radius 3 is 2.61 bits per heavy atom. The molecule has 7 heteroatoms. The Labute approximate surface area is 149 Å². The minimum atomic E-state index is -0.227. The molecular formula is C16H26Cl2FN3O. The van der Waals surface area contributed by atoms with E-state index in [1.807, 2.05) is 0 Å². The van der Waals surface area contributed by atoms with Crippen molar-refractivity contribution in [1.82, 2.24) is 10.2 Å². The van der Waals surface area contributed by atoms with Crippen molar-refractivity contribution in [2.75, 3.05) is 19.6 Å². The van der Waals surface area contributed by atoms with Gasteiger partial charge in [0.05, 0.1) is 6.04 Å². The van der Waals surface area contributed by atoms with Crippen molar-refractivity contribution in [3.63, 3.8) is 0 Å². The molecule has 1 saturated heterocycles. The van der Waals surface area contributed by atoms with Gasteiger partial charge in [-0.1, -0.05) is 12.1 Å². The maximum absolute atomic E-state index is 12.9. The average molecular weight is 366 g/mol. The topological polar surface area (TPSA) is 58.4 Å². The minimum Gasteiger partial charge on any atom is -0.355 e. The zero-order chi connectivity index (χ0) is 15.1. The molecule has 2 rings (SSSR count). The van der Waals surface area contributed by atoms with Crippen LogP contribution < -0.4 is 11.1 Å². The molecule has 0 aromatic heterocycles. The summed E-state index contributed by atoms with van der Waals surface area (Å²) in [7, 11) is 0. The maximum atomic E-state index is 12.9. The van der Waals surface area contributed by atoms with Crippen LogP contribution in [0.2, 0.25) is 0 Å². The molecule has 1 fully saturated rings. The Bertz CT molecular complexity index is 459. The molecular weight excluding hydrogens is 340 g/mol. The number of rotatable bonds is 7. The summed E-state index contributed by atoms with van der Waals surface area (Å²) in [5.41, 5.74) is 6.48. The maximum Gasteiger partial charge on any atom is 0.237 e. The number of benzene rings is 1. The number of unbranched alkanes of at least 4 members (excludes halogenated alkanes) is 1. The van der Waals surface area contributed by atoms with Crippen LogP contribution in [0.1, 0.15) is 31.2 Å². The molecule has 4 nitrogen and oxygen atoms in total. The van der Waals surface area contributed by atoms with Crippen LogP contribution >= 0.6 is 24.8 Å². The van der Waals surface area contributed by atoms with Gasteiger partial charge in [0.15, 0.2) is 0 Å². The summed E-state index contributed by atoms with van der Waals surface area (Å²) >= 11 is 0. The number of carbonyl (C=O) groups is 1. The zero-order valence-electron chi connectivity index (χ0n) is 13.2. The number of likely N-dealkylation sites (tertiary alicyclic amines) is 1.